The van der Waals surface area contributed by atoms with Crippen LogP contribution in [0.5, 0.6) is 0 Å². The fourth-order valence-corrected chi connectivity index (χ4v) is 4.78. The van der Waals surface area contributed by atoms with Crippen molar-refractivity contribution < 1.29 is 37.1 Å². The van der Waals surface area contributed by atoms with E-state index in [0.717, 1.165) is 0 Å². The van der Waals surface area contributed by atoms with Crippen molar-refractivity contribution >= 4 is 92.0 Å². The molecule has 304 valence electrons. The lowest BCUT2D eigenvalue weighted by molar-refractivity contribution is -0.156. The molecule has 6 aromatic rings. The number of para-hydroxylation sites is 2. The first-order valence-corrected chi connectivity index (χ1v) is 17.9. The van der Waals surface area contributed by atoms with E-state index in [-0.39, 0.29) is 27.3 Å². The number of fused-ring (bicyclic) bond motifs is 2. The number of H-pyrrole nitrogens is 2. The van der Waals surface area contributed by atoms with E-state index in [1.54, 1.807) is 112 Å². The van der Waals surface area contributed by atoms with Crippen molar-refractivity contribution in [3.63, 3.8) is 0 Å². The van der Waals surface area contributed by atoms with Crippen LogP contribution in [-0.2, 0) is 9.53 Å². The molecule has 0 unspecified atom stereocenters. The van der Waals surface area contributed by atoms with E-state index in [0.29, 0.717) is 44.6 Å². The number of aromatic nitrogens is 2. The highest BCUT2D eigenvalue weighted by Gasteiger charge is 2.25. The zero-order valence-corrected chi connectivity index (χ0v) is 32.5. The number of aromatic amines is 2. The van der Waals surface area contributed by atoms with Gasteiger partial charge >= 0.3 is 12.3 Å². The van der Waals surface area contributed by atoms with Gasteiger partial charge in [0.05, 0.1) is 5.34 Å². The van der Waals surface area contributed by atoms with E-state index < -0.39 is 36.0 Å². The van der Waals surface area contributed by atoms with Crippen LogP contribution in [0.4, 0.5) is 40.7 Å². The Hall–Kier alpha value is -6.65. The number of hydrogen-bond donors (Lipinski definition) is 6. The second kappa shape index (κ2) is 21.0. The van der Waals surface area contributed by atoms with Crippen molar-refractivity contribution in [2.24, 2.45) is 0 Å². The van der Waals surface area contributed by atoms with Gasteiger partial charge in [0.1, 0.15) is 16.7 Å². The van der Waals surface area contributed by atoms with E-state index in [2.05, 4.69) is 25.9 Å². The van der Waals surface area contributed by atoms with Gasteiger partial charge in [0.25, 0.3) is 11.8 Å². The average molecular weight is 842 g/mol. The summed E-state index contributed by atoms with van der Waals surface area (Å²) in [5, 5.41) is 9.07. The van der Waals surface area contributed by atoms with E-state index in [9.17, 15) is 37.1 Å². The maximum absolute atomic E-state index is 12.6. The van der Waals surface area contributed by atoms with Gasteiger partial charge < -0.3 is 31.1 Å². The molecule has 0 saturated carbocycles. The first-order chi connectivity index (χ1) is 27.3. The van der Waals surface area contributed by atoms with Crippen LogP contribution in [-0.4, -0.2) is 51.3 Å². The van der Waals surface area contributed by atoms with Crippen LogP contribution < -0.4 is 32.5 Å². The minimum Gasteiger partial charge on any atom is -0.444 e. The summed E-state index contributed by atoms with van der Waals surface area (Å²) in [6, 6.07) is 27.4. The summed E-state index contributed by atoms with van der Waals surface area (Å²) in [5.74, 6) is -1.01. The largest absolute Gasteiger partial charge is 0.446 e. The van der Waals surface area contributed by atoms with E-state index >= 15 is 0 Å². The summed E-state index contributed by atoms with van der Waals surface area (Å²) >= 11 is 9.53. The molecule has 3 amide bonds. The number of nitrogen functional groups attached to an aromatic ring is 1. The number of benzene rings is 4. The second-order valence-corrected chi connectivity index (χ2v) is 13.5. The molecule has 0 saturated heterocycles. The third-order valence-corrected chi connectivity index (χ3v) is 7.11. The van der Waals surface area contributed by atoms with E-state index in [1.165, 1.54) is 12.4 Å². The van der Waals surface area contributed by atoms with Gasteiger partial charge in [-0.25, -0.2) is 4.79 Å². The van der Waals surface area contributed by atoms with Crippen molar-refractivity contribution in [3.8, 4) is 0 Å². The minimum atomic E-state index is -4.64. The quantitative estimate of drug-likeness (QED) is 0.0562. The Morgan fingerprint density at radius 2 is 1.09 bits per heavy atom. The van der Waals surface area contributed by atoms with Crippen LogP contribution in [0.15, 0.2) is 119 Å². The number of carbonyl (C=O) groups excluding carboxylic acids is 4. The first kappa shape index (κ1) is 45.7. The zero-order chi connectivity index (χ0) is 43.0. The average Bonchev–Trinajstić information content (AvgIpc) is 3.15. The van der Waals surface area contributed by atoms with Crippen molar-refractivity contribution in [1.82, 2.24) is 9.97 Å². The number of ether oxygens (including phenoxy) is 1. The summed E-state index contributed by atoms with van der Waals surface area (Å²) in [6.45, 7) is 5.30. The molecule has 58 heavy (non-hydrogen) atoms. The van der Waals surface area contributed by atoms with Gasteiger partial charge in [-0.3, -0.25) is 29.3 Å². The molecular formula is C40H37Cl2F3N6O7. The summed E-state index contributed by atoms with van der Waals surface area (Å²) in [4.78, 5) is 76.1. The molecule has 0 bridgehead atoms. The molecular weight excluding hydrogens is 804 g/mol. The highest BCUT2D eigenvalue weighted by Crippen LogP contribution is 2.18. The number of halogens is 5. The number of nitrogens with two attached hydrogens (primary N) is 1. The molecule has 0 spiro atoms. The Kier molecular flexibility index (Phi) is 16.6. The lowest BCUT2D eigenvalue weighted by atomic mass is 10.1. The Morgan fingerprint density at radius 3 is 1.50 bits per heavy atom. The van der Waals surface area contributed by atoms with Crippen molar-refractivity contribution in [3.05, 3.63) is 141 Å². The van der Waals surface area contributed by atoms with Gasteiger partial charge in [-0.05, 0) is 81.4 Å². The van der Waals surface area contributed by atoms with E-state index in [1.807, 2.05) is 6.07 Å². The number of amides is 3. The van der Waals surface area contributed by atoms with Gasteiger partial charge in [-0.1, -0.05) is 36.4 Å². The van der Waals surface area contributed by atoms with E-state index in [4.69, 9.17) is 38.5 Å². The van der Waals surface area contributed by atoms with Gasteiger partial charge in [0.15, 0.2) is 0 Å². The molecule has 6 rings (SSSR count). The number of anilines is 4. The van der Waals surface area contributed by atoms with Crippen LogP contribution in [0.2, 0.25) is 0 Å². The van der Waals surface area contributed by atoms with Crippen LogP contribution in [0, 0.1) is 0 Å². The predicted molar refractivity (Wildman–Crippen MR) is 221 cm³/mol. The third kappa shape index (κ3) is 14.5. The SMILES string of the molecule is CC(C)(C)OC(=O)Nc1cccc(NC(=O)c2c[nH]c3ccccc3c2=O)c1.ClCCl.Nc1cccc(NC(=O)c2c[nH]c3ccccc3c2=O)c1.O=CC(F)(F)F. The van der Waals surface area contributed by atoms with Crippen molar-refractivity contribution in [2.75, 3.05) is 27.0 Å². The van der Waals surface area contributed by atoms with Gasteiger partial charge in [0.2, 0.25) is 17.1 Å². The van der Waals surface area contributed by atoms with Crippen molar-refractivity contribution in [1.29, 1.82) is 0 Å². The van der Waals surface area contributed by atoms with Gasteiger partial charge in [0, 0.05) is 56.9 Å². The highest BCUT2D eigenvalue weighted by atomic mass is 35.5. The smallest absolute Gasteiger partial charge is 0.444 e. The molecule has 0 aliphatic rings. The maximum atomic E-state index is 12.6. The number of rotatable bonds is 5. The van der Waals surface area contributed by atoms with Gasteiger partial charge in [-0.15, -0.1) is 23.2 Å². The molecule has 0 aliphatic carbocycles. The van der Waals surface area contributed by atoms with Crippen LogP contribution in [0.3, 0.4) is 0 Å². The summed E-state index contributed by atoms with van der Waals surface area (Å²) in [6.07, 6.45) is -3.48. The lowest BCUT2D eigenvalue weighted by Gasteiger charge is -2.19. The Bertz CT molecular complexity index is 2500. The normalized spacial score (nSPS) is 10.6. The summed E-state index contributed by atoms with van der Waals surface area (Å²) < 4.78 is 36.5. The molecule has 13 nitrogen and oxygen atoms in total. The number of nitrogens with one attached hydrogen (secondary N) is 5. The Labute approximate surface area is 338 Å². The van der Waals surface area contributed by atoms with Crippen LogP contribution >= 0.6 is 23.2 Å². The number of aldehydes is 1. The molecule has 0 atom stereocenters. The minimum absolute atomic E-state index is 0.00389. The van der Waals surface area contributed by atoms with Crippen LogP contribution in [0.25, 0.3) is 21.8 Å². The molecule has 0 radical (unpaired) electrons. The standard InChI is InChI=1S/C21H21N3O4.C16H13N3O2.C2HF3O.CH2Cl2/c1-21(2,3)28-20(27)24-14-8-6-7-13(11-14)23-19(26)16-12-22-17-10-5-4-9-15(17)18(16)25;17-10-4-3-5-11(8-10)19-16(21)13-9-18-14-7-2-1-6-12(14)15(13)20;3-2(4,5)1-6;2-1-3/h4-12H,1-3H3,(H,22,25)(H,23,26)(H,24,27);1-9H,17H2,(H,18,20)(H,19,21);1H;1H2. The highest BCUT2D eigenvalue weighted by molar-refractivity contribution is 6.40. The number of pyridine rings is 2. The molecule has 2 aromatic heterocycles. The molecule has 7 N–H and O–H groups in total. The molecule has 18 heteroatoms. The van der Waals surface area contributed by atoms with Crippen molar-refractivity contribution in [2.45, 2.75) is 32.5 Å². The zero-order valence-electron chi connectivity index (χ0n) is 31.0. The topological polar surface area (TPSA) is 205 Å². The second-order valence-electron chi connectivity index (χ2n) is 12.7. The monoisotopic (exact) mass is 840 g/mol. The van der Waals surface area contributed by atoms with Gasteiger partial charge in [-0.2, -0.15) is 13.2 Å². The Morgan fingerprint density at radius 1 is 0.690 bits per heavy atom. The molecule has 2 heterocycles. The summed E-state index contributed by atoms with van der Waals surface area (Å²) in [7, 11) is 0. The number of carbonyl (C=O) groups is 4. The molecule has 4 aromatic carbocycles. The first-order valence-electron chi connectivity index (χ1n) is 16.8. The fraction of sp³-hybridized carbons (Fsp3) is 0.150. The Balaban J connectivity index is 0.000000263. The fourth-order valence-electron chi connectivity index (χ4n) is 4.78. The third-order valence-electron chi connectivity index (χ3n) is 7.11. The number of hydrogen-bond acceptors (Lipinski definition) is 8. The lowest BCUT2D eigenvalue weighted by Crippen LogP contribution is -2.27. The summed E-state index contributed by atoms with van der Waals surface area (Å²) in [5.41, 5.74) is 7.80. The maximum Gasteiger partial charge on any atom is 0.446 e. The number of alkyl halides is 5. The van der Waals surface area contributed by atoms with Crippen LogP contribution in [0.1, 0.15) is 41.5 Å². The molecule has 0 aliphatic heterocycles. The predicted octanol–water partition coefficient (Wildman–Crippen LogP) is 8.66. The molecule has 0 fully saturated rings.